The second-order valence-electron chi connectivity index (χ2n) is 7.81. The first-order valence-electron chi connectivity index (χ1n) is 10.2. The maximum absolute atomic E-state index is 13.5. The molecule has 4 rings (SSSR count). The second-order valence-corrected chi connectivity index (χ2v) is 7.81. The number of esters is 1. The summed E-state index contributed by atoms with van der Waals surface area (Å²) in [7, 11) is 0. The fourth-order valence-corrected chi connectivity index (χ4v) is 4.77. The number of amides is 1. The lowest BCUT2D eigenvalue weighted by Crippen LogP contribution is -2.55. The molecule has 1 spiro atoms. The van der Waals surface area contributed by atoms with Gasteiger partial charge in [0.25, 0.3) is 5.91 Å². The van der Waals surface area contributed by atoms with Crippen LogP contribution in [0, 0.1) is 5.92 Å². The Labute approximate surface area is 169 Å². The predicted octanol–water partition coefficient (Wildman–Crippen LogP) is 2.94. The summed E-state index contributed by atoms with van der Waals surface area (Å²) < 4.78 is 10.8. The van der Waals surface area contributed by atoms with E-state index in [0.29, 0.717) is 56.9 Å². The van der Waals surface area contributed by atoms with Crippen LogP contribution in [-0.2, 0) is 14.3 Å². The minimum Gasteiger partial charge on any atom is -0.466 e. The van der Waals surface area contributed by atoms with Gasteiger partial charge in [0, 0.05) is 36.2 Å². The molecule has 2 aliphatic rings. The molecule has 2 aliphatic heterocycles. The zero-order valence-electron chi connectivity index (χ0n) is 16.8. The zero-order valence-corrected chi connectivity index (χ0v) is 16.8. The van der Waals surface area contributed by atoms with Gasteiger partial charge >= 0.3 is 5.97 Å². The van der Waals surface area contributed by atoms with Crippen LogP contribution in [0.15, 0.2) is 24.3 Å². The number of rotatable bonds is 4. The van der Waals surface area contributed by atoms with Crippen molar-refractivity contribution >= 4 is 28.6 Å². The molecular weight excluding hydrogens is 372 g/mol. The smallest absolute Gasteiger partial charge is 0.311 e. The van der Waals surface area contributed by atoms with Gasteiger partial charge in [-0.15, -0.1) is 0 Å². The number of hydrogen-bond donors (Lipinski definition) is 1. The Hall–Kier alpha value is -2.67. The second kappa shape index (κ2) is 7.63. The number of fused-ring (bicyclic) bond motifs is 1. The number of benzene rings is 1. The van der Waals surface area contributed by atoms with E-state index >= 15 is 0 Å². The van der Waals surface area contributed by atoms with Gasteiger partial charge in [0.2, 0.25) is 0 Å². The Morgan fingerprint density at radius 3 is 2.69 bits per heavy atom. The van der Waals surface area contributed by atoms with Crippen molar-refractivity contribution < 1.29 is 23.9 Å². The highest BCUT2D eigenvalue weighted by molar-refractivity contribution is 6.02. The third-order valence-corrected chi connectivity index (χ3v) is 6.26. The number of nitrogens with zero attached hydrogens (tertiary/aromatic N) is 1. The van der Waals surface area contributed by atoms with Crippen molar-refractivity contribution in [3.8, 4) is 0 Å². The number of hydrogen-bond acceptors (Lipinski definition) is 5. The van der Waals surface area contributed by atoms with Crippen LogP contribution in [0.25, 0.3) is 10.9 Å². The van der Waals surface area contributed by atoms with Crippen LogP contribution in [0.4, 0.5) is 0 Å². The Bertz CT molecular complexity index is 957. The van der Waals surface area contributed by atoms with Crippen molar-refractivity contribution in [1.82, 2.24) is 9.88 Å². The van der Waals surface area contributed by atoms with Gasteiger partial charge in [-0.05, 0) is 45.2 Å². The molecule has 7 heteroatoms. The summed E-state index contributed by atoms with van der Waals surface area (Å²) in [5, 5.41) is 0.875. The molecule has 1 N–H and O–H groups in total. The summed E-state index contributed by atoms with van der Waals surface area (Å²) in [5.74, 6) is -0.705. The fourth-order valence-electron chi connectivity index (χ4n) is 4.77. The van der Waals surface area contributed by atoms with Gasteiger partial charge in [0.05, 0.1) is 18.1 Å². The Kier molecular flexibility index (Phi) is 5.17. The lowest BCUT2D eigenvalue weighted by molar-refractivity contribution is -0.153. The quantitative estimate of drug-likeness (QED) is 0.632. The fraction of sp³-hybridized carbons (Fsp3) is 0.500. The van der Waals surface area contributed by atoms with Crippen molar-refractivity contribution in [3.05, 3.63) is 35.5 Å². The summed E-state index contributed by atoms with van der Waals surface area (Å²) in [4.78, 5) is 42.8. The van der Waals surface area contributed by atoms with E-state index in [0.717, 1.165) is 10.9 Å². The highest BCUT2D eigenvalue weighted by Crippen LogP contribution is 2.44. The van der Waals surface area contributed by atoms with Gasteiger partial charge in [0.1, 0.15) is 5.69 Å². The zero-order chi connectivity index (χ0) is 20.6. The topological polar surface area (TPSA) is 88.7 Å². The number of likely N-dealkylation sites (tertiary alicyclic amines) is 1. The summed E-state index contributed by atoms with van der Waals surface area (Å²) in [6, 6.07) is 7.19. The first-order chi connectivity index (χ1) is 14.0. The molecule has 0 aliphatic carbocycles. The van der Waals surface area contributed by atoms with E-state index in [2.05, 4.69) is 4.98 Å². The van der Waals surface area contributed by atoms with Crippen LogP contribution >= 0.6 is 0 Å². The summed E-state index contributed by atoms with van der Waals surface area (Å²) in [6.07, 6.45) is 1.84. The molecule has 0 bridgehead atoms. The van der Waals surface area contributed by atoms with E-state index in [4.69, 9.17) is 9.47 Å². The van der Waals surface area contributed by atoms with Crippen LogP contribution in [0.2, 0.25) is 0 Å². The number of ether oxygens (including phenoxy) is 2. The van der Waals surface area contributed by atoms with Crippen molar-refractivity contribution in [2.24, 2.45) is 5.92 Å². The highest BCUT2D eigenvalue weighted by Gasteiger charge is 2.55. The molecule has 1 unspecified atom stereocenters. The Morgan fingerprint density at radius 1 is 1.24 bits per heavy atom. The molecule has 2 fully saturated rings. The highest BCUT2D eigenvalue weighted by atomic mass is 16.5. The maximum atomic E-state index is 13.5. The van der Waals surface area contributed by atoms with Crippen molar-refractivity contribution in [2.75, 3.05) is 26.4 Å². The van der Waals surface area contributed by atoms with Gasteiger partial charge in [-0.3, -0.25) is 14.4 Å². The third kappa shape index (κ3) is 3.33. The minimum atomic E-state index is -0.566. The number of H-pyrrole nitrogens is 1. The first kappa shape index (κ1) is 19.6. The van der Waals surface area contributed by atoms with E-state index in [9.17, 15) is 14.4 Å². The standard InChI is InChI=1S/C22H26N2O5/c1-3-29-21(27)17-6-9-24(22(17)7-10-28-11-8-22)20(26)19-13-16-5-4-15(14(2)25)12-18(16)23-19/h4-5,12-13,17,23H,3,6-11H2,1-2H3. The van der Waals surface area contributed by atoms with Crippen LogP contribution < -0.4 is 0 Å². The molecule has 7 nitrogen and oxygen atoms in total. The number of carbonyl (C=O) groups is 3. The number of carbonyl (C=O) groups excluding carboxylic acids is 3. The SMILES string of the molecule is CCOC(=O)C1CCN(C(=O)c2cc3ccc(C(C)=O)cc3[nH]2)C12CCOCC2. The van der Waals surface area contributed by atoms with Gasteiger partial charge in [-0.1, -0.05) is 12.1 Å². The average Bonchev–Trinajstić information content (AvgIpc) is 3.29. The number of ketones is 1. The number of Topliss-reactive ketones (excluding diaryl/α,β-unsaturated/α-hetero) is 1. The summed E-state index contributed by atoms with van der Waals surface area (Å²) in [6.45, 7) is 5.20. The predicted molar refractivity (Wildman–Crippen MR) is 107 cm³/mol. The van der Waals surface area contributed by atoms with Crippen molar-refractivity contribution in [2.45, 2.75) is 38.6 Å². The van der Waals surface area contributed by atoms with E-state index in [-0.39, 0.29) is 23.6 Å². The third-order valence-electron chi connectivity index (χ3n) is 6.26. The normalized spacial score (nSPS) is 20.9. The molecular formula is C22H26N2O5. The first-order valence-corrected chi connectivity index (χ1v) is 10.2. The van der Waals surface area contributed by atoms with Crippen LogP contribution in [-0.4, -0.2) is 59.4 Å². The number of aromatic nitrogens is 1. The molecule has 1 aromatic heterocycles. The lowest BCUT2D eigenvalue weighted by Gasteiger charge is -2.44. The average molecular weight is 398 g/mol. The van der Waals surface area contributed by atoms with E-state index < -0.39 is 5.54 Å². The largest absolute Gasteiger partial charge is 0.466 e. The molecule has 154 valence electrons. The van der Waals surface area contributed by atoms with E-state index in [1.165, 1.54) is 6.92 Å². The number of nitrogens with one attached hydrogen (secondary N) is 1. The van der Waals surface area contributed by atoms with Gasteiger partial charge in [0.15, 0.2) is 5.78 Å². The van der Waals surface area contributed by atoms with Crippen molar-refractivity contribution in [3.63, 3.8) is 0 Å². The molecule has 1 aromatic carbocycles. The maximum Gasteiger partial charge on any atom is 0.311 e. The summed E-state index contributed by atoms with van der Waals surface area (Å²) >= 11 is 0. The Morgan fingerprint density at radius 2 is 2.00 bits per heavy atom. The van der Waals surface area contributed by atoms with Crippen LogP contribution in [0.1, 0.15) is 54.0 Å². The van der Waals surface area contributed by atoms with Crippen LogP contribution in [0.5, 0.6) is 0 Å². The monoisotopic (exact) mass is 398 g/mol. The molecule has 2 saturated heterocycles. The van der Waals surface area contributed by atoms with E-state index in [1.807, 2.05) is 17.0 Å². The van der Waals surface area contributed by atoms with Gasteiger partial charge < -0.3 is 19.4 Å². The molecule has 29 heavy (non-hydrogen) atoms. The Balaban J connectivity index is 1.67. The van der Waals surface area contributed by atoms with Gasteiger partial charge in [-0.25, -0.2) is 0 Å². The molecule has 0 radical (unpaired) electrons. The van der Waals surface area contributed by atoms with E-state index in [1.54, 1.807) is 19.1 Å². The minimum absolute atomic E-state index is 0.0210. The number of aromatic amines is 1. The molecule has 2 aromatic rings. The molecule has 0 saturated carbocycles. The summed E-state index contributed by atoms with van der Waals surface area (Å²) in [5.41, 5.74) is 1.26. The lowest BCUT2D eigenvalue weighted by atomic mass is 9.78. The molecule has 1 amide bonds. The van der Waals surface area contributed by atoms with Crippen LogP contribution in [0.3, 0.4) is 0 Å². The van der Waals surface area contributed by atoms with Crippen molar-refractivity contribution in [1.29, 1.82) is 0 Å². The molecule has 1 atom stereocenters. The van der Waals surface area contributed by atoms with Gasteiger partial charge in [-0.2, -0.15) is 0 Å². The molecule has 3 heterocycles.